The van der Waals surface area contributed by atoms with Gasteiger partial charge in [-0.05, 0) is 31.0 Å². The van der Waals surface area contributed by atoms with E-state index >= 15 is 0 Å². The molecule has 1 aromatic carbocycles. The molecule has 0 radical (unpaired) electrons. The topological polar surface area (TPSA) is 75.6 Å². The third-order valence-corrected chi connectivity index (χ3v) is 3.08. The van der Waals surface area contributed by atoms with Gasteiger partial charge in [-0.1, -0.05) is 11.6 Å². The van der Waals surface area contributed by atoms with Crippen LogP contribution in [0.3, 0.4) is 0 Å². The Morgan fingerprint density at radius 1 is 1.37 bits per heavy atom. The lowest BCUT2D eigenvalue weighted by Crippen LogP contribution is -2.29. The Hall–Kier alpha value is -1.66. The van der Waals surface area contributed by atoms with Crippen molar-refractivity contribution in [3.63, 3.8) is 0 Å². The van der Waals surface area contributed by atoms with E-state index < -0.39 is 29.9 Å². The Labute approximate surface area is 113 Å². The second-order valence-corrected chi connectivity index (χ2v) is 4.55. The molecule has 1 aromatic rings. The zero-order valence-electron chi connectivity index (χ0n) is 9.73. The van der Waals surface area contributed by atoms with Crippen molar-refractivity contribution in [3.05, 3.63) is 29.0 Å². The van der Waals surface area contributed by atoms with E-state index in [0.717, 1.165) is 6.07 Å². The summed E-state index contributed by atoms with van der Waals surface area (Å²) in [5.41, 5.74) is 0.245. The molecule has 1 saturated heterocycles. The average molecular weight is 288 g/mol. The molecule has 0 unspecified atom stereocenters. The summed E-state index contributed by atoms with van der Waals surface area (Å²) in [6.45, 7) is 0. The number of benzene rings is 1. The molecule has 2 N–H and O–H groups in total. The van der Waals surface area contributed by atoms with Crippen LogP contribution in [-0.4, -0.2) is 29.2 Å². The van der Waals surface area contributed by atoms with E-state index in [1.54, 1.807) is 0 Å². The number of rotatable bonds is 3. The van der Waals surface area contributed by atoms with Gasteiger partial charge in [-0.15, -0.1) is 0 Å². The number of aliphatic carboxylic acids is 1. The third kappa shape index (κ3) is 3.21. The van der Waals surface area contributed by atoms with Crippen LogP contribution in [-0.2, 0) is 14.3 Å². The highest BCUT2D eigenvalue weighted by Crippen LogP contribution is 2.23. The molecule has 1 fully saturated rings. The summed E-state index contributed by atoms with van der Waals surface area (Å²) in [5, 5.41) is 11.2. The van der Waals surface area contributed by atoms with Gasteiger partial charge in [0.1, 0.15) is 11.9 Å². The van der Waals surface area contributed by atoms with Gasteiger partial charge in [-0.2, -0.15) is 0 Å². The van der Waals surface area contributed by atoms with Crippen molar-refractivity contribution >= 4 is 29.2 Å². The normalized spacial score (nSPS) is 22.2. The molecule has 1 aliphatic rings. The number of ether oxygens (including phenoxy) is 1. The maximum atomic E-state index is 13.2. The van der Waals surface area contributed by atoms with Crippen molar-refractivity contribution in [2.45, 2.75) is 25.0 Å². The molecule has 2 rings (SSSR count). The molecule has 102 valence electrons. The summed E-state index contributed by atoms with van der Waals surface area (Å²) in [6.07, 6.45) is -1.20. The average Bonchev–Trinajstić information content (AvgIpc) is 2.83. The number of halogens is 2. The molecule has 1 aliphatic heterocycles. The van der Waals surface area contributed by atoms with Crippen LogP contribution in [0.2, 0.25) is 5.02 Å². The molecular weight excluding hydrogens is 277 g/mol. The zero-order valence-corrected chi connectivity index (χ0v) is 10.5. The summed E-state index contributed by atoms with van der Waals surface area (Å²) in [5.74, 6) is -2.23. The Bertz CT molecular complexity index is 522. The molecule has 0 bridgehead atoms. The lowest BCUT2D eigenvalue weighted by Gasteiger charge is -2.12. The molecule has 5 nitrogen and oxygen atoms in total. The number of carbonyl (C=O) groups excluding carboxylic acids is 1. The van der Waals surface area contributed by atoms with Crippen LogP contribution < -0.4 is 5.32 Å². The molecular formula is C12H11ClFNO4. The smallest absolute Gasteiger partial charge is 0.332 e. The fourth-order valence-electron chi connectivity index (χ4n) is 1.81. The number of hydrogen-bond acceptors (Lipinski definition) is 3. The van der Waals surface area contributed by atoms with Gasteiger partial charge < -0.3 is 15.2 Å². The highest BCUT2D eigenvalue weighted by atomic mass is 35.5. The molecule has 19 heavy (non-hydrogen) atoms. The Morgan fingerprint density at radius 2 is 2.05 bits per heavy atom. The number of carboxylic acid groups (broad SMARTS) is 1. The number of carbonyl (C=O) groups is 2. The molecule has 0 spiro atoms. The highest BCUT2D eigenvalue weighted by molar-refractivity contribution is 6.30. The molecule has 2 atom stereocenters. The van der Waals surface area contributed by atoms with E-state index in [1.807, 2.05) is 0 Å². The minimum atomic E-state index is -1.09. The second-order valence-electron chi connectivity index (χ2n) is 4.15. The lowest BCUT2D eigenvalue weighted by molar-refractivity contribution is -0.150. The molecule has 7 heteroatoms. The molecule has 1 heterocycles. The first-order chi connectivity index (χ1) is 8.97. The molecule has 1 amide bonds. The van der Waals surface area contributed by atoms with Crippen molar-refractivity contribution in [2.75, 3.05) is 5.32 Å². The fraction of sp³-hybridized carbons (Fsp3) is 0.333. The van der Waals surface area contributed by atoms with Gasteiger partial charge in [0.2, 0.25) is 0 Å². The zero-order chi connectivity index (χ0) is 14.0. The fourth-order valence-corrected chi connectivity index (χ4v) is 1.93. The van der Waals surface area contributed by atoms with Crippen molar-refractivity contribution in [1.29, 1.82) is 0 Å². The van der Waals surface area contributed by atoms with E-state index in [1.165, 1.54) is 12.1 Å². The Kier molecular flexibility index (Phi) is 4.01. The molecule has 0 aromatic heterocycles. The van der Waals surface area contributed by atoms with Crippen LogP contribution in [0.25, 0.3) is 0 Å². The molecule has 0 saturated carbocycles. The number of carboxylic acids is 1. The van der Waals surface area contributed by atoms with E-state index in [4.69, 9.17) is 21.4 Å². The highest BCUT2D eigenvalue weighted by Gasteiger charge is 2.34. The SMILES string of the molecule is O=C(Nc1ccc(Cl)c(F)c1)[C@@H]1CC[C@H](C(=O)O)O1. The van der Waals surface area contributed by atoms with Crippen LogP contribution in [0.15, 0.2) is 18.2 Å². The predicted molar refractivity (Wildman–Crippen MR) is 65.6 cm³/mol. The second kappa shape index (κ2) is 5.54. The predicted octanol–water partition coefficient (Wildman–Crippen LogP) is 2.05. The van der Waals surface area contributed by atoms with Gasteiger partial charge in [-0.25, -0.2) is 9.18 Å². The van der Waals surface area contributed by atoms with E-state index in [9.17, 15) is 14.0 Å². The van der Waals surface area contributed by atoms with Gasteiger partial charge >= 0.3 is 5.97 Å². The van der Waals surface area contributed by atoms with Crippen LogP contribution >= 0.6 is 11.6 Å². The van der Waals surface area contributed by atoms with Crippen molar-refractivity contribution in [2.24, 2.45) is 0 Å². The summed E-state index contributed by atoms with van der Waals surface area (Å²) < 4.78 is 18.3. The monoisotopic (exact) mass is 287 g/mol. The summed E-state index contributed by atoms with van der Waals surface area (Å²) >= 11 is 5.52. The standard InChI is InChI=1S/C12H11ClFNO4/c13-7-2-1-6(5-8(7)14)15-11(16)9-3-4-10(19-9)12(17)18/h1-2,5,9-10H,3-4H2,(H,15,16)(H,17,18)/t9-,10+/m0/s1. The third-order valence-electron chi connectivity index (χ3n) is 2.77. The van der Waals surface area contributed by atoms with Gasteiger partial charge in [0.15, 0.2) is 6.10 Å². The van der Waals surface area contributed by atoms with Crippen molar-refractivity contribution in [1.82, 2.24) is 0 Å². The Morgan fingerprint density at radius 3 is 2.63 bits per heavy atom. The van der Waals surface area contributed by atoms with E-state index in [-0.39, 0.29) is 17.1 Å². The van der Waals surface area contributed by atoms with Crippen LogP contribution in [0, 0.1) is 5.82 Å². The maximum absolute atomic E-state index is 13.2. The van der Waals surface area contributed by atoms with Gasteiger partial charge in [0.05, 0.1) is 5.02 Å². The first kappa shape index (κ1) is 13.8. The van der Waals surface area contributed by atoms with E-state index in [0.29, 0.717) is 6.42 Å². The number of amides is 1. The van der Waals surface area contributed by atoms with Gasteiger partial charge in [0.25, 0.3) is 5.91 Å². The summed E-state index contributed by atoms with van der Waals surface area (Å²) in [6, 6.07) is 3.86. The van der Waals surface area contributed by atoms with Crippen LogP contribution in [0.4, 0.5) is 10.1 Å². The first-order valence-corrected chi connectivity index (χ1v) is 5.99. The first-order valence-electron chi connectivity index (χ1n) is 5.61. The lowest BCUT2D eigenvalue weighted by atomic mass is 10.2. The largest absolute Gasteiger partial charge is 0.479 e. The maximum Gasteiger partial charge on any atom is 0.332 e. The summed E-state index contributed by atoms with van der Waals surface area (Å²) in [4.78, 5) is 22.5. The minimum absolute atomic E-state index is 0.0407. The van der Waals surface area contributed by atoms with Crippen LogP contribution in [0.5, 0.6) is 0 Å². The quantitative estimate of drug-likeness (QED) is 0.892. The summed E-state index contributed by atoms with van der Waals surface area (Å²) in [7, 11) is 0. The Balaban J connectivity index is 1.98. The van der Waals surface area contributed by atoms with Crippen molar-refractivity contribution in [3.8, 4) is 0 Å². The van der Waals surface area contributed by atoms with Gasteiger partial charge in [-0.3, -0.25) is 4.79 Å². The van der Waals surface area contributed by atoms with E-state index in [2.05, 4.69) is 5.32 Å². The van der Waals surface area contributed by atoms with Gasteiger partial charge in [0, 0.05) is 5.69 Å². The van der Waals surface area contributed by atoms with Crippen LogP contribution in [0.1, 0.15) is 12.8 Å². The number of hydrogen-bond donors (Lipinski definition) is 2. The molecule has 0 aliphatic carbocycles. The number of anilines is 1. The minimum Gasteiger partial charge on any atom is -0.479 e. The number of nitrogens with one attached hydrogen (secondary N) is 1. The van der Waals surface area contributed by atoms with Crippen molar-refractivity contribution < 1.29 is 23.8 Å².